The third-order valence-corrected chi connectivity index (χ3v) is 3.16. The standard InChI is InChI=1S/C12H18ClN5O2/c1-17(8-11(14)19)6-10-7-18(2-3-20-10)12-15-4-9(13)5-16-12/h4-5,10H,2-3,6-8H2,1H3,(H2,14,19)/t10-/m0/s1. The summed E-state index contributed by atoms with van der Waals surface area (Å²) in [7, 11) is 1.84. The normalized spacial score (nSPS) is 19.4. The first-order valence-electron chi connectivity index (χ1n) is 6.35. The maximum atomic E-state index is 10.9. The fraction of sp³-hybridized carbons (Fsp3) is 0.583. The minimum absolute atomic E-state index is 0.00706. The van der Waals surface area contributed by atoms with E-state index in [1.807, 2.05) is 16.8 Å². The van der Waals surface area contributed by atoms with Gasteiger partial charge in [-0.2, -0.15) is 0 Å². The quantitative estimate of drug-likeness (QED) is 0.807. The van der Waals surface area contributed by atoms with Gasteiger partial charge in [-0.1, -0.05) is 11.6 Å². The van der Waals surface area contributed by atoms with Gasteiger partial charge in [0.2, 0.25) is 11.9 Å². The molecule has 20 heavy (non-hydrogen) atoms. The average molecular weight is 300 g/mol. The van der Waals surface area contributed by atoms with Gasteiger partial charge in [0.15, 0.2) is 0 Å². The van der Waals surface area contributed by atoms with E-state index in [0.29, 0.717) is 30.7 Å². The SMILES string of the molecule is CN(CC(N)=O)C[C@H]1CN(c2ncc(Cl)cn2)CCO1. The highest BCUT2D eigenvalue weighted by molar-refractivity contribution is 6.30. The van der Waals surface area contributed by atoms with E-state index < -0.39 is 0 Å². The number of likely N-dealkylation sites (N-methyl/N-ethyl adjacent to an activating group) is 1. The van der Waals surface area contributed by atoms with Crippen LogP contribution in [-0.4, -0.2) is 66.7 Å². The Morgan fingerprint density at radius 3 is 2.95 bits per heavy atom. The lowest BCUT2D eigenvalue weighted by molar-refractivity contribution is -0.119. The van der Waals surface area contributed by atoms with Crippen LogP contribution in [0.1, 0.15) is 0 Å². The lowest BCUT2D eigenvalue weighted by Gasteiger charge is -2.34. The number of nitrogens with zero attached hydrogens (tertiary/aromatic N) is 4. The number of halogens is 1. The van der Waals surface area contributed by atoms with Crippen LogP contribution in [0.4, 0.5) is 5.95 Å². The van der Waals surface area contributed by atoms with Crippen LogP contribution < -0.4 is 10.6 Å². The van der Waals surface area contributed by atoms with Crippen LogP contribution in [0.25, 0.3) is 0 Å². The molecule has 2 N–H and O–H groups in total. The largest absolute Gasteiger partial charge is 0.373 e. The summed E-state index contributed by atoms with van der Waals surface area (Å²) in [6, 6.07) is 0. The number of anilines is 1. The minimum Gasteiger partial charge on any atom is -0.373 e. The Morgan fingerprint density at radius 1 is 1.60 bits per heavy atom. The van der Waals surface area contributed by atoms with Crippen LogP contribution in [-0.2, 0) is 9.53 Å². The van der Waals surface area contributed by atoms with Crippen LogP contribution in [0.15, 0.2) is 12.4 Å². The summed E-state index contributed by atoms with van der Waals surface area (Å²) < 4.78 is 5.69. The van der Waals surface area contributed by atoms with E-state index in [4.69, 9.17) is 22.1 Å². The number of aromatic nitrogens is 2. The van der Waals surface area contributed by atoms with Gasteiger partial charge in [0.25, 0.3) is 0 Å². The monoisotopic (exact) mass is 299 g/mol. The molecule has 1 saturated heterocycles. The number of primary amides is 1. The highest BCUT2D eigenvalue weighted by Gasteiger charge is 2.23. The molecule has 0 unspecified atom stereocenters. The molecule has 7 nitrogen and oxygen atoms in total. The fourth-order valence-electron chi connectivity index (χ4n) is 2.16. The molecule has 1 aliphatic heterocycles. The molecular weight excluding hydrogens is 282 g/mol. The second kappa shape index (κ2) is 6.83. The second-order valence-corrected chi connectivity index (χ2v) is 5.24. The van der Waals surface area contributed by atoms with Crippen molar-refractivity contribution >= 4 is 23.5 Å². The first-order chi connectivity index (χ1) is 9.54. The summed E-state index contributed by atoms with van der Waals surface area (Å²) in [6.45, 7) is 2.85. The van der Waals surface area contributed by atoms with Crippen LogP contribution in [0.3, 0.4) is 0 Å². The maximum absolute atomic E-state index is 10.9. The Balaban J connectivity index is 1.91. The number of rotatable bonds is 5. The van der Waals surface area contributed by atoms with Gasteiger partial charge in [-0.3, -0.25) is 9.69 Å². The molecule has 2 heterocycles. The highest BCUT2D eigenvalue weighted by Crippen LogP contribution is 2.14. The van der Waals surface area contributed by atoms with Gasteiger partial charge in [-0.15, -0.1) is 0 Å². The second-order valence-electron chi connectivity index (χ2n) is 4.80. The molecule has 1 fully saturated rings. The zero-order valence-corrected chi connectivity index (χ0v) is 12.1. The molecule has 1 aromatic heterocycles. The van der Waals surface area contributed by atoms with E-state index in [9.17, 15) is 4.79 Å². The summed E-state index contributed by atoms with van der Waals surface area (Å²) >= 11 is 5.78. The number of amides is 1. The van der Waals surface area contributed by atoms with E-state index in [1.165, 1.54) is 0 Å². The fourth-order valence-corrected chi connectivity index (χ4v) is 2.26. The van der Waals surface area contributed by atoms with Crippen molar-refractivity contribution in [2.75, 3.05) is 44.7 Å². The van der Waals surface area contributed by atoms with Gasteiger partial charge in [-0.25, -0.2) is 9.97 Å². The third kappa shape index (κ3) is 4.29. The molecule has 1 atom stereocenters. The number of nitrogens with two attached hydrogens (primary N) is 1. The average Bonchev–Trinajstić information content (AvgIpc) is 2.38. The molecule has 110 valence electrons. The number of hydrogen-bond donors (Lipinski definition) is 1. The van der Waals surface area contributed by atoms with E-state index in [0.717, 1.165) is 6.54 Å². The van der Waals surface area contributed by atoms with Gasteiger partial charge in [0.05, 0.1) is 36.7 Å². The molecule has 1 aliphatic rings. The van der Waals surface area contributed by atoms with E-state index >= 15 is 0 Å². The van der Waals surface area contributed by atoms with E-state index in [2.05, 4.69) is 9.97 Å². The van der Waals surface area contributed by atoms with Crippen molar-refractivity contribution in [2.24, 2.45) is 5.73 Å². The van der Waals surface area contributed by atoms with Crippen LogP contribution in [0, 0.1) is 0 Å². The van der Waals surface area contributed by atoms with Crippen molar-refractivity contribution in [1.29, 1.82) is 0 Å². The van der Waals surface area contributed by atoms with Crippen molar-refractivity contribution in [2.45, 2.75) is 6.10 Å². The molecule has 0 aliphatic carbocycles. The molecule has 8 heteroatoms. The third-order valence-electron chi connectivity index (χ3n) is 2.97. The summed E-state index contributed by atoms with van der Waals surface area (Å²) in [5.74, 6) is 0.293. The predicted molar refractivity (Wildman–Crippen MR) is 75.7 cm³/mol. The molecular formula is C12H18ClN5O2. The smallest absolute Gasteiger partial charge is 0.231 e. The lowest BCUT2D eigenvalue weighted by atomic mass is 10.2. The number of carbonyl (C=O) groups is 1. The minimum atomic E-state index is -0.346. The Hall–Kier alpha value is -1.44. The van der Waals surface area contributed by atoms with Crippen molar-refractivity contribution in [3.63, 3.8) is 0 Å². The summed E-state index contributed by atoms with van der Waals surface area (Å²) in [5.41, 5.74) is 5.17. The molecule has 0 bridgehead atoms. The van der Waals surface area contributed by atoms with Crippen molar-refractivity contribution in [1.82, 2.24) is 14.9 Å². The summed E-state index contributed by atoms with van der Waals surface area (Å²) in [6.07, 6.45) is 3.15. The number of hydrogen-bond acceptors (Lipinski definition) is 6. The van der Waals surface area contributed by atoms with Crippen molar-refractivity contribution in [3.8, 4) is 0 Å². The Labute approximate surface area is 122 Å². The van der Waals surface area contributed by atoms with E-state index in [-0.39, 0.29) is 18.6 Å². The lowest BCUT2D eigenvalue weighted by Crippen LogP contribution is -2.48. The van der Waals surface area contributed by atoms with Gasteiger partial charge < -0.3 is 15.4 Å². The molecule has 0 spiro atoms. The highest BCUT2D eigenvalue weighted by atomic mass is 35.5. The topological polar surface area (TPSA) is 84.6 Å². The number of ether oxygens (including phenoxy) is 1. The Morgan fingerprint density at radius 2 is 2.30 bits per heavy atom. The first kappa shape index (κ1) is 15.0. The number of morpholine rings is 1. The van der Waals surface area contributed by atoms with Gasteiger partial charge >= 0.3 is 0 Å². The van der Waals surface area contributed by atoms with Gasteiger partial charge in [0.1, 0.15) is 0 Å². The van der Waals surface area contributed by atoms with Crippen LogP contribution >= 0.6 is 11.6 Å². The zero-order chi connectivity index (χ0) is 14.5. The molecule has 0 aromatic carbocycles. The summed E-state index contributed by atoms with van der Waals surface area (Å²) in [4.78, 5) is 23.2. The molecule has 0 saturated carbocycles. The Kier molecular flexibility index (Phi) is 5.11. The molecule has 0 radical (unpaired) electrons. The van der Waals surface area contributed by atoms with Crippen molar-refractivity contribution in [3.05, 3.63) is 17.4 Å². The van der Waals surface area contributed by atoms with E-state index in [1.54, 1.807) is 12.4 Å². The van der Waals surface area contributed by atoms with Crippen LogP contribution in [0.2, 0.25) is 5.02 Å². The van der Waals surface area contributed by atoms with Crippen molar-refractivity contribution < 1.29 is 9.53 Å². The zero-order valence-electron chi connectivity index (χ0n) is 11.3. The predicted octanol–water partition coefficient (Wildman–Crippen LogP) is -0.248. The van der Waals surface area contributed by atoms with Gasteiger partial charge in [0, 0.05) is 19.6 Å². The Bertz CT molecular complexity index is 456. The van der Waals surface area contributed by atoms with Crippen LogP contribution in [0.5, 0.6) is 0 Å². The number of carbonyl (C=O) groups excluding carboxylic acids is 1. The molecule has 1 amide bonds. The maximum Gasteiger partial charge on any atom is 0.231 e. The summed E-state index contributed by atoms with van der Waals surface area (Å²) in [5, 5.41) is 0.514. The van der Waals surface area contributed by atoms with Gasteiger partial charge in [-0.05, 0) is 7.05 Å². The first-order valence-corrected chi connectivity index (χ1v) is 6.73. The molecule has 2 rings (SSSR count). The molecule has 1 aromatic rings.